The molecule has 0 aliphatic heterocycles. The van der Waals surface area contributed by atoms with Crippen LogP contribution in [-0.4, -0.2) is 17.8 Å². The van der Waals surface area contributed by atoms with Gasteiger partial charge in [-0.1, -0.05) is 37.5 Å². The Balaban J connectivity index is 2.16. The number of ether oxygens (including phenoxy) is 1. The van der Waals surface area contributed by atoms with Crippen molar-refractivity contribution >= 4 is 0 Å². The second-order valence-electron chi connectivity index (χ2n) is 6.11. The number of rotatable bonds is 5. The molecule has 1 saturated carbocycles. The number of hydrogen-bond acceptors (Lipinski definition) is 2. The molecule has 112 valence electrons. The lowest BCUT2D eigenvalue weighted by Crippen LogP contribution is -2.32. The predicted molar refractivity (Wildman–Crippen MR) is 82.9 cm³/mol. The predicted octanol–water partition coefficient (Wildman–Crippen LogP) is 4.32. The zero-order valence-electron chi connectivity index (χ0n) is 13.1. The molecule has 1 N–H and O–H groups in total. The Labute approximate surface area is 123 Å². The van der Waals surface area contributed by atoms with E-state index in [2.05, 4.69) is 26.0 Å². The summed E-state index contributed by atoms with van der Waals surface area (Å²) in [6, 6.07) is 6.24. The number of aliphatic hydroxyl groups is 1. The van der Waals surface area contributed by atoms with E-state index >= 15 is 0 Å². The molecule has 2 nitrogen and oxygen atoms in total. The van der Waals surface area contributed by atoms with Crippen LogP contribution in [0.4, 0.5) is 0 Å². The summed E-state index contributed by atoms with van der Waals surface area (Å²) in [5, 5.41) is 10.8. The zero-order chi connectivity index (χ0) is 14.5. The van der Waals surface area contributed by atoms with Gasteiger partial charge in [-0.3, -0.25) is 0 Å². The second kappa shape index (κ2) is 7.24. The lowest BCUT2D eigenvalue weighted by Gasteiger charge is -2.33. The fourth-order valence-corrected chi connectivity index (χ4v) is 3.28. The van der Waals surface area contributed by atoms with Gasteiger partial charge in [0, 0.05) is 6.61 Å². The van der Waals surface area contributed by atoms with E-state index in [0.717, 1.165) is 5.56 Å². The van der Waals surface area contributed by atoms with Crippen LogP contribution in [0.2, 0.25) is 0 Å². The van der Waals surface area contributed by atoms with Crippen LogP contribution in [0.15, 0.2) is 18.2 Å². The van der Waals surface area contributed by atoms with Gasteiger partial charge in [-0.05, 0) is 56.2 Å². The van der Waals surface area contributed by atoms with Gasteiger partial charge in [0.15, 0.2) is 0 Å². The highest BCUT2D eigenvalue weighted by atomic mass is 16.5. The van der Waals surface area contributed by atoms with E-state index in [1.165, 1.54) is 43.2 Å². The molecule has 2 unspecified atom stereocenters. The van der Waals surface area contributed by atoms with Crippen molar-refractivity contribution in [2.45, 2.75) is 65.1 Å². The molecule has 0 bridgehead atoms. The Hall–Kier alpha value is -0.860. The van der Waals surface area contributed by atoms with Gasteiger partial charge in [-0.2, -0.15) is 0 Å². The third-order valence-electron chi connectivity index (χ3n) is 4.66. The molecule has 1 aromatic carbocycles. The summed E-state index contributed by atoms with van der Waals surface area (Å²) in [4.78, 5) is 0. The SMILES string of the molecule is CCOC(C1CCCCC1)C(O)c1ccc(C)c(C)c1. The Morgan fingerprint density at radius 1 is 1.15 bits per heavy atom. The topological polar surface area (TPSA) is 29.5 Å². The summed E-state index contributed by atoms with van der Waals surface area (Å²) in [7, 11) is 0. The zero-order valence-corrected chi connectivity index (χ0v) is 13.1. The standard InChI is InChI=1S/C18H28O2/c1-4-20-18(15-8-6-5-7-9-15)17(19)16-11-10-13(2)14(3)12-16/h10-12,15,17-19H,4-9H2,1-3H3. The Morgan fingerprint density at radius 2 is 1.85 bits per heavy atom. The fourth-order valence-electron chi connectivity index (χ4n) is 3.28. The first-order chi connectivity index (χ1) is 9.63. The number of aliphatic hydroxyl groups excluding tert-OH is 1. The summed E-state index contributed by atoms with van der Waals surface area (Å²) in [5.74, 6) is 0.500. The number of aryl methyl sites for hydroxylation is 2. The van der Waals surface area contributed by atoms with Crippen LogP contribution < -0.4 is 0 Å². The first-order valence-corrected chi connectivity index (χ1v) is 8.00. The summed E-state index contributed by atoms with van der Waals surface area (Å²) in [6.07, 6.45) is 5.69. The third kappa shape index (κ3) is 3.62. The molecule has 1 aromatic rings. The van der Waals surface area contributed by atoms with E-state index in [0.29, 0.717) is 12.5 Å². The Bertz CT molecular complexity index is 421. The quantitative estimate of drug-likeness (QED) is 0.867. The van der Waals surface area contributed by atoms with E-state index in [9.17, 15) is 5.11 Å². The molecule has 0 heterocycles. The molecule has 2 atom stereocenters. The van der Waals surface area contributed by atoms with Gasteiger partial charge >= 0.3 is 0 Å². The highest BCUT2D eigenvalue weighted by Crippen LogP contribution is 2.34. The maximum Gasteiger partial charge on any atom is 0.105 e. The van der Waals surface area contributed by atoms with E-state index in [4.69, 9.17) is 4.74 Å². The van der Waals surface area contributed by atoms with Gasteiger partial charge in [0.25, 0.3) is 0 Å². The van der Waals surface area contributed by atoms with Crippen molar-refractivity contribution in [1.29, 1.82) is 0 Å². The smallest absolute Gasteiger partial charge is 0.105 e. The van der Waals surface area contributed by atoms with Crippen molar-refractivity contribution < 1.29 is 9.84 Å². The van der Waals surface area contributed by atoms with Crippen molar-refractivity contribution in [1.82, 2.24) is 0 Å². The summed E-state index contributed by atoms with van der Waals surface area (Å²) in [6.45, 7) is 6.89. The van der Waals surface area contributed by atoms with Gasteiger partial charge in [-0.15, -0.1) is 0 Å². The highest BCUT2D eigenvalue weighted by molar-refractivity contribution is 5.31. The van der Waals surface area contributed by atoms with E-state index in [-0.39, 0.29) is 6.10 Å². The van der Waals surface area contributed by atoms with Gasteiger partial charge < -0.3 is 9.84 Å². The van der Waals surface area contributed by atoms with Crippen molar-refractivity contribution in [3.63, 3.8) is 0 Å². The van der Waals surface area contributed by atoms with Crippen LogP contribution in [-0.2, 0) is 4.74 Å². The molecule has 0 radical (unpaired) electrons. The largest absolute Gasteiger partial charge is 0.386 e. The molecule has 1 fully saturated rings. The minimum absolute atomic E-state index is 0.0533. The monoisotopic (exact) mass is 276 g/mol. The normalized spacial score (nSPS) is 19.8. The fraction of sp³-hybridized carbons (Fsp3) is 0.667. The van der Waals surface area contributed by atoms with Gasteiger partial charge in [-0.25, -0.2) is 0 Å². The Morgan fingerprint density at radius 3 is 2.45 bits per heavy atom. The lowest BCUT2D eigenvalue weighted by atomic mass is 9.81. The highest BCUT2D eigenvalue weighted by Gasteiger charge is 2.31. The van der Waals surface area contributed by atoms with E-state index in [1.807, 2.05) is 13.0 Å². The van der Waals surface area contributed by atoms with Crippen molar-refractivity contribution in [3.8, 4) is 0 Å². The van der Waals surface area contributed by atoms with Gasteiger partial charge in [0.1, 0.15) is 6.10 Å². The molecule has 1 aliphatic carbocycles. The molecular weight excluding hydrogens is 248 g/mol. The molecule has 0 amide bonds. The third-order valence-corrected chi connectivity index (χ3v) is 4.66. The average Bonchev–Trinajstić information content (AvgIpc) is 2.48. The molecule has 20 heavy (non-hydrogen) atoms. The summed E-state index contributed by atoms with van der Waals surface area (Å²) < 4.78 is 5.92. The van der Waals surface area contributed by atoms with Crippen LogP contribution in [0.25, 0.3) is 0 Å². The molecule has 1 aliphatic rings. The maximum atomic E-state index is 10.8. The molecule has 0 spiro atoms. The average molecular weight is 276 g/mol. The molecule has 0 aromatic heterocycles. The molecule has 2 rings (SSSR count). The molecule has 0 saturated heterocycles. The minimum Gasteiger partial charge on any atom is -0.386 e. The van der Waals surface area contributed by atoms with E-state index in [1.54, 1.807) is 0 Å². The number of benzene rings is 1. The second-order valence-corrected chi connectivity index (χ2v) is 6.11. The van der Waals surface area contributed by atoms with Gasteiger partial charge in [0.05, 0.1) is 6.10 Å². The van der Waals surface area contributed by atoms with Crippen molar-refractivity contribution in [2.75, 3.05) is 6.61 Å². The number of hydrogen-bond donors (Lipinski definition) is 1. The maximum absolute atomic E-state index is 10.8. The van der Waals surface area contributed by atoms with Crippen molar-refractivity contribution in [3.05, 3.63) is 34.9 Å². The van der Waals surface area contributed by atoms with Crippen LogP contribution >= 0.6 is 0 Å². The van der Waals surface area contributed by atoms with Gasteiger partial charge in [0.2, 0.25) is 0 Å². The van der Waals surface area contributed by atoms with Crippen molar-refractivity contribution in [2.24, 2.45) is 5.92 Å². The minimum atomic E-state index is -0.502. The van der Waals surface area contributed by atoms with Crippen LogP contribution in [0.5, 0.6) is 0 Å². The first-order valence-electron chi connectivity index (χ1n) is 8.00. The van der Waals surface area contributed by atoms with Crippen LogP contribution in [0, 0.1) is 19.8 Å². The summed E-state index contributed by atoms with van der Waals surface area (Å²) in [5.41, 5.74) is 3.50. The summed E-state index contributed by atoms with van der Waals surface area (Å²) >= 11 is 0. The molecule has 2 heteroatoms. The molecular formula is C18H28O2. The van der Waals surface area contributed by atoms with Crippen LogP contribution in [0.3, 0.4) is 0 Å². The van der Waals surface area contributed by atoms with E-state index < -0.39 is 6.10 Å². The Kier molecular flexibility index (Phi) is 5.62. The van der Waals surface area contributed by atoms with Crippen LogP contribution in [0.1, 0.15) is 61.8 Å². The first kappa shape index (κ1) is 15.5. The lowest BCUT2D eigenvalue weighted by molar-refractivity contribution is -0.0739.